The first-order chi connectivity index (χ1) is 8.35. The minimum atomic E-state index is 0.413. The van der Waals surface area contributed by atoms with Crippen LogP contribution in [0.3, 0.4) is 0 Å². The van der Waals surface area contributed by atoms with Gasteiger partial charge in [-0.1, -0.05) is 12.1 Å². The SMILES string of the molecule is COc1cccc(CCl)c1OCc1ccsc1. The first-order valence-corrected chi connectivity index (χ1v) is 6.68. The molecule has 1 aromatic heterocycles. The molecule has 2 aromatic rings. The predicted molar refractivity (Wildman–Crippen MR) is 71.2 cm³/mol. The second kappa shape index (κ2) is 5.94. The molecule has 0 N–H and O–H groups in total. The van der Waals surface area contributed by atoms with Gasteiger partial charge in [0.1, 0.15) is 6.61 Å². The Morgan fingerprint density at radius 3 is 2.82 bits per heavy atom. The van der Waals surface area contributed by atoms with Crippen molar-refractivity contribution in [1.29, 1.82) is 0 Å². The van der Waals surface area contributed by atoms with Crippen LogP contribution in [0.1, 0.15) is 11.1 Å². The van der Waals surface area contributed by atoms with Crippen LogP contribution in [0.25, 0.3) is 0 Å². The molecule has 17 heavy (non-hydrogen) atoms. The average Bonchev–Trinajstić information content (AvgIpc) is 2.88. The molecule has 0 aliphatic rings. The van der Waals surface area contributed by atoms with E-state index < -0.39 is 0 Å². The molecule has 0 bridgehead atoms. The van der Waals surface area contributed by atoms with Crippen LogP contribution < -0.4 is 9.47 Å². The second-order valence-electron chi connectivity index (χ2n) is 3.50. The first-order valence-electron chi connectivity index (χ1n) is 5.21. The third-order valence-electron chi connectivity index (χ3n) is 2.39. The van der Waals surface area contributed by atoms with E-state index in [-0.39, 0.29) is 0 Å². The fourth-order valence-electron chi connectivity index (χ4n) is 1.52. The number of halogens is 1. The van der Waals surface area contributed by atoms with Crippen molar-refractivity contribution in [3.05, 3.63) is 46.2 Å². The van der Waals surface area contributed by atoms with Crippen LogP contribution in [-0.4, -0.2) is 7.11 Å². The van der Waals surface area contributed by atoms with Gasteiger partial charge in [-0.05, 0) is 28.5 Å². The molecule has 0 unspecified atom stereocenters. The normalized spacial score (nSPS) is 10.2. The number of hydrogen-bond donors (Lipinski definition) is 0. The number of hydrogen-bond acceptors (Lipinski definition) is 3. The zero-order valence-corrected chi connectivity index (χ0v) is 11.1. The Bertz CT molecular complexity index is 446. The molecule has 0 spiro atoms. The molecule has 0 fully saturated rings. The van der Waals surface area contributed by atoms with Crippen LogP contribution >= 0.6 is 22.9 Å². The highest BCUT2D eigenvalue weighted by molar-refractivity contribution is 7.07. The van der Waals surface area contributed by atoms with Gasteiger partial charge in [-0.25, -0.2) is 0 Å². The Morgan fingerprint density at radius 1 is 1.29 bits per heavy atom. The number of ether oxygens (including phenoxy) is 2. The molecule has 0 aliphatic heterocycles. The van der Waals surface area contributed by atoms with Crippen molar-refractivity contribution < 1.29 is 9.47 Å². The van der Waals surface area contributed by atoms with E-state index >= 15 is 0 Å². The molecular weight excluding hydrogens is 256 g/mol. The van der Waals surface area contributed by atoms with Gasteiger partial charge in [0.2, 0.25) is 0 Å². The predicted octanol–water partition coefficient (Wildman–Crippen LogP) is 4.07. The van der Waals surface area contributed by atoms with Gasteiger partial charge in [-0.2, -0.15) is 11.3 Å². The number of rotatable bonds is 5. The van der Waals surface area contributed by atoms with Crippen molar-refractivity contribution in [3.63, 3.8) is 0 Å². The van der Waals surface area contributed by atoms with Crippen molar-refractivity contribution in [2.45, 2.75) is 12.5 Å². The Kier molecular flexibility index (Phi) is 4.29. The molecule has 2 nitrogen and oxygen atoms in total. The van der Waals surface area contributed by atoms with E-state index in [0.717, 1.165) is 22.6 Å². The summed E-state index contributed by atoms with van der Waals surface area (Å²) in [5, 5.41) is 4.10. The zero-order valence-electron chi connectivity index (χ0n) is 9.48. The van der Waals surface area contributed by atoms with E-state index in [0.29, 0.717) is 12.5 Å². The molecule has 0 saturated carbocycles. The minimum Gasteiger partial charge on any atom is -0.493 e. The molecule has 2 rings (SSSR count). The summed E-state index contributed by atoms with van der Waals surface area (Å²) in [6.45, 7) is 0.535. The zero-order chi connectivity index (χ0) is 12.1. The fraction of sp³-hybridized carbons (Fsp3) is 0.231. The van der Waals surface area contributed by atoms with Gasteiger partial charge in [0, 0.05) is 5.56 Å². The fourth-order valence-corrected chi connectivity index (χ4v) is 2.39. The van der Waals surface area contributed by atoms with E-state index in [2.05, 4.69) is 5.38 Å². The summed E-state index contributed by atoms with van der Waals surface area (Å²) < 4.78 is 11.1. The number of thiophene rings is 1. The lowest BCUT2D eigenvalue weighted by Gasteiger charge is -2.13. The lowest BCUT2D eigenvalue weighted by molar-refractivity contribution is 0.282. The lowest BCUT2D eigenvalue weighted by Crippen LogP contribution is -1.99. The van der Waals surface area contributed by atoms with Gasteiger partial charge in [0.05, 0.1) is 13.0 Å². The molecule has 0 aliphatic carbocycles. The molecule has 90 valence electrons. The van der Waals surface area contributed by atoms with Crippen LogP contribution in [0.15, 0.2) is 35.0 Å². The smallest absolute Gasteiger partial charge is 0.166 e. The summed E-state index contributed by atoms with van der Waals surface area (Å²) in [6, 6.07) is 7.77. The quantitative estimate of drug-likeness (QED) is 0.761. The molecule has 1 aromatic carbocycles. The molecule has 4 heteroatoms. The van der Waals surface area contributed by atoms with E-state index in [1.807, 2.05) is 29.6 Å². The second-order valence-corrected chi connectivity index (χ2v) is 4.55. The maximum absolute atomic E-state index is 5.89. The summed E-state index contributed by atoms with van der Waals surface area (Å²) >= 11 is 7.55. The summed E-state index contributed by atoms with van der Waals surface area (Å²) in [4.78, 5) is 0. The van der Waals surface area contributed by atoms with Gasteiger partial charge in [0.25, 0.3) is 0 Å². The first kappa shape index (κ1) is 12.3. The third-order valence-corrected chi connectivity index (χ3v) is 3.41. The molecule has 0 amide bonds. The number of para-hydroxylation sites is 1. The topological polar surface area (TPSA) is 18.5 Å². The van der Waals surface area contributed by atoms with E-state index in [4.69, 9.17) is 21.1 Å². The van der Waals surface area contributed by atoms with Gasteiger partial charge in [-0.15, -0.1) is 11.6 Å². The highest BCUT2D eigenvalue weighted by atomic mass is 35.5. The number of benzene rings is 1. The molecule has 0 radical (unpaired) electrons. The number of methoxy groups -OCH3 is 1. The Hall–Kier alpha value is -1.19. The van der Waals surface area contributed by atoms with Crippen LogP contribution in [0.2, 0.25) is 0 Å². The van der Waals surface area contributed by atoms with E-state index in [1.165, 1.54) is 0 Å². The number of alkyl halides is 1. The molecule has 0 atom stereocenters. The summed E-state index contributed by atoms with van der Waals surface area (Å²) in [5.41, 5.74) is 2.10. The summed E-state index contributed by atoms with van der Waals surface area (Å²) in [6.07, 6.45) is 0. The maximum Gasteiger partial charge on any atom is 0.166 e. The Balaban J connectivity index is 2.18. The van der Waals surface area contributed by atoms with Crippen molar-refractivity contribution in [2.24, 2.45) is 0 Å². The largest absolute Gasteiger partial charge is 0.493 e. The standard InChI is InChI=1S/C13H13ClO2S/c1-15-12-4-2-3-11(7-14)13(12)16-8-10-5-6-17-9-10/h2-6,9H,7-8H2,1H3. The highest BCUT2D eigenvalue weighted by Gasteiger charge is 2.09. The van der Waals surface area contributed by atoms with Crippen molar-refractivity contribution in [2.75, 3.05) is 7.11 Å². The molecule has 0 saturated heterocycles. The van der Waals surface area contributed by atoms with Crippen LogP contribution in [0.5, 0.6) is 11.5 Å². The maximum atomic E-state index is 5.89. The monoisotopic (exact) mass is 268 g/mol. The molecular formula is C13H13ClO2S. The Morgan fingerprint density at radius 2 is 2.18 bits per heavy atom. The summed E-state index contributed by atoms with van der Waals surface area (Å²) in [7, 11) is 1.63. The van der Waals surface area contributed by atoms with Gasteiger partial charge < -0.3 is 9.47 Å². The van der Waals surface area contributed by atoms with Crippen molar-refractivity contribution >= 4 is 22.9 Å². The van der Waals surface area contributed by atoms with Gasteiger partial charge >= 0.3 is 0 Å². The average molecular weight is 269 g/mol. The van der Waals surface area contributed by atoms with Gasteiger partial charge in [0.15, 0.2) is 11.5 Å². The highest BCUT2D eigenvalue weighted by Crippen LogP contribution is 2.32. The van der Waals surface area contributed by atoms with Crippen LogP contribution in [0.4, 0.5) is 0 Å². The lowest BCUT2D eigenvalue weighted by atomic mass is 10.2. The minimum absolute atomic E-state index is 0.413. The van der Waals surface area contributed by atoms with Gasteiger partial charge in [-0.3, -0.25) is 0 Å². The summed E-state index contributed by atoms with van der Waals surface area (Å²) in [5.74, 6) is 1.87. The van der Waals surface area contributed by atoms with Crippen LogP contribution in [-0.2, 0) is 12.5 Å². The van der Waals surface area contributed by atoms with Crippen LogP contribution in [0, 0.1) is 0 Å². The molecule has 1 heterocycles. The van der Waals surface area contributed by atoms with E-state index in [9.17, 15) is 0 Å². The van der Waals surface area contributed by atoms with Crippen molar-refractivity contribution in [1.82, 2.24) is 0 Å². The third kappa shape index (κ3) is 2.93. The Labute approximate surface area is 110 Å². The van der Waals surface area contributed by atoms with E-state index in [1.54, 1.807) is 18.4 Å². The van der Waals surface area contributed by atoms with Crippen molar-refractivity contribution in [3.8, 4) is 11.5 Å².